The summed E-state index contributed by atoms with van der Waals surface area (Å²) in [4.78, 5) is 15.8. The number of hydrogen-bond acceptors (Lipinski definition) is 4. The van der Waals surface area contributed by atoms with Gasteiger partial charge >= 0.3 is 0 Å². The quantitative estimate of drug-likeness (QED) is 0.806. The average molecular weight is 279 g/mol. The molecule has 7 nitrogen and oxygen atoms in total. The molecule has 0 saturated heterocycles. The maximum atomic E-state index is 13.8. The van der Waals surface area contributed by atoms with E-state index in [9.17, 15) is 9.18 Å². The Morgan fingerprint density at radius 1 is 1.55 bits per heavy atom. The van der Waals surface area contributed by atoms with Gasteiger partial charge in [0.15, 0.2) is 5.69 Å². The molecule has 0 radical (unpaired) electrons. The van der Waals surface area contributed by atoms with Crippen molar-refractivity contribution >= 4 is 5.91 Å². The molecule has 3 heterocycles. The van der Waals surface area contributed by atoms with E-state index in [0.29, 0.717) is 19.7 Å². The SMILES string of the molecule is O=C(NCCCn1ccnc1)c1nn2c(c1F)OCC2. The van der Waals surface area contributed by atoms with E-state index in [1.165, 1.54) is 4.68 Å². The number of hydrogen-bond donors (Lipinski definition) is 1. The Morgan fingerprint density at radius 3 is 3.20 bits per heavy atom. The second-order valence-electron chi connectivity index (χ2n) is 4.45. The smallest absolute Gasteiger partial charge is 0.275 e. The number of carbonyl (C=O) groups excluding carboxylic acids is 1. The van der Waals surface area contributed by atoms with Gasteiger partial charge in [0.2, 0.25) is 11.7 Å². The van der Waals surface area contributed by atoms with Gasteiger partial charge in [-0.05, 0) is 6.42 Å². The number of aromatic nitrogens is 4. The molecule has 2 aromatic rings. The van der Waals surface area contributed by atoms with Gasteiger partial charge in [-0.15, -0.1) is 0 Å². The first kappa shape index (κ1) is 12.6. The van der Waals surface area contributed by atoms with Crippen LogP contribution in [0.15, 0.2) is 18.7 Å². The second kappa shape index (κ2) is 5.32. The highest BCUT2D eigenvalue weighted by Crippen LogP contribution is 2.24. The minimum atomic E-state index is -0.686. The highest BCUT2D eigenvalue weighted by atomic mass is 19.1. The van der Waals surface area contributed by atoms with Crippen LogP contribution in [0.3, 0.4) is 0 Å². The van der Waals surface area contributed by atoms with E-state index < -0.39 is 11.7 Å². The van der Waals surface area contributed by atoms with Gasteiger partial charge in [0.05, 0.1) is 12.9 Å². The third-order valence-electron chi connectivity index (χ3n) is 3.05. The molecule has 3 rings (SSSR count). The maximum Gasteiger partial charge on any atom is 0.275 e. The molecule has 0 bridgehead atoms. The molecule has 8 heteroatoms. The molecule has 1 aliphatic heterocycles. The van der Waals surface area contributed by atoms with Crippen LogP contribution < -0.4 is 10.1 Å². The van der Waals surface area contributed by atoms with Gasteiger partial charge in [-0.3, -0.25) is 4.79 Å². The van der Waals surface area contributed by atoms with Crippen molar-refractivity contribution in [3.8, 4) is 5.88 Å². The first-order valence-corrected chi connectivity index (χ1v) is 6.39. The normalized spacial score (nSPS) is 13.1. The van der Waals surface area contributed by atoms with Crippen molar-refractivity contribution in [2.45, 2.75) is 19.5 Å². The number of nitrogens with zero attached hydrogens (tertiary/aromatic N) is 4. The molecule has 106 valence electrons. The summed E-state index contributed by atoms with van der Waals surface area (Å²) < 4.78 is 22.2. The lowest BCUT2D eigenvalue weighted by Crippen LogP contribution is -2.26. The molecule has 0 aromatic carbocycles. The zero-order valence-corrected chi connectivity index (χ0v) is 10.8. The van der Waals surface area contributed by atoms with E-state index in [4.69, 9.17) is 4.74 Å². The van der Waals surface area contributed by atoms with E-state index in [2.05, 4.69) is 15.4 Å². The van der Waals surface area contributed by atoms with Crippen molar-refractivity contribution in [2.75, 3.05) is 13.2 Å². The lowest BCUT2D eigenvalue weighted by molar-refractivity contribution is 0.0942. The fraction of sp³-hybridized carbons (Fsp3) is 0.417. The third kappa shape index (κ3) is 2.36. The highest BCUT2D eigenvalue weighted by Gasteiger charge is 2.27. The summed E-state index contributed by atoms with van der Waals surface area (Å²) in [7, 11) is 0. The molecular weight excluding hydrogens is 265 g/mol. The predicted octanol–water partition coefficient (Wildman–Crippen LogP) is 0.431. The van der Waals surface area contributed by atoms with Crippen LogP contribution in [0.1, 0.15) is 16.9 Å². The van der Waals surface area contributed by atoms with Crippen molar-refractivity contribution in [2.24, 2.45) is 0 Å². The van der Waals surface area contributed by atoms with Crippen molar-refractivity contribution in [1.82, 2.24) is 24.6 Å². The van der Waals surface area contributed by atoms with E-state index in [-0.39, 0.29) is 11.6 Å². The molecule has 0 spiro atoms. The number of ether oxygens (including phenoxy) is 1. The molecule has 20 heavy (non-hydrogen) atoms. The maximum absolute atomic E-state index is 13.8. The van der Waals surface area contributed by atoms with Crippen molar-refractivity contribution in [3.05, 3.63) is 30.2 Å². The molecule has 1 aliphatic rings. The number of halogens is 1. The first-order valence-electron chi connectivity index (χ1n) is 6.39. The van der Waals surface area contributed by atoms with E-state index in [1.54, 1.807) is 12.5 Å². The second-order valence-corrected chi connectivity index (χ2v) is 4.45. The number of amides is 1. The van der Waals surface area contributed by atoms with Crippen LogP contribution in [0.2, 0.25) is 0 Å². The predicted molar refractivity (Wildman–Crippen MR) is 66.9 cm³/mol. The summed E-state index contributed by atoms with van der Waals surface area (Å²) in [6, 6.07) is 0. The van der Waals surface area contributed by atoms with E-state index in [1.807, 2.05) is 10.8 Å². The number of rotatable bonds is 5. The summed E-state index contributed by atoms with van der Waals surface area (Å²) in [6.07, 6.45) is 5.98. The zero-order chi connectivity index (χ0) is 13.9. The van der Waals surface area contributed by atoms with Gasteiger partial charge in [0, 0.05) is 25.5 Å². The molecule has 0 atom stereocenters. The number of carbonyl (C=O) groups is 1. The van der Waals surface area contributed by atoms with Crippen LogP contribution >= 0.6 is 0 Å². The van der Waals surface area contributed by atoms with Crippen molar-refractivity contribution < 1.29 is 13.9 Å². The Bertz CT molecular complexity index is 608. The number of imidazole rings is 1. The standard InChI is InChI=1S/C12H14FN5O2/c13-9-10(16-18-6-7-20-12(9)18)11(19)15-2-1-4-17-5-3-14-8-17/h3,5,8H,1-2,4,6-7H2,(H,15,19). The molecule has 0 aliphatic carbocycles. The van der Waals surface area contributed by atoms with Gasteiger partial charge in [0.25, 0.3) is 5.91 Å². The number of aryl methyl sites for hydroxylation is 1. The summed E-state index contributed by atoms with van der Waals surface area (Å²) in [5.74, 6) is -1.15. The largest absolute Gasteiger partial charge is 0.474 e. The Labute approximate surface area is 114 Å². The van der Waals surface area contributed by atoms with Crippen LogP contribution in [0.4, 0.5) is 4.39 Å². The van der Waals surface area contributed by atoms with Crippen LogP contribution in [-0.4, -0.2) is 38.4 Å². The minimum Gasteiger partial charge on any atom is -0.474 e. The van der Waals surface area contributed by atoms with Crippen molar-refractivity contribution in [3.63, 3.8) is 0 Å². The molecule has 0 saturated carbocycles. The van der Waals surface area contributed by atoms with Gasteiger partial charge in [-0.25, -0.2) is 9.67 Å². The first-order chi connectivity index (χ1) is 9.75. The van der Waals surface area contributed by atoms with Gasteiger partial charge in [-0.2, -0.15) is 9.49 Å². The monoisotopic (exact) mass is 279 g/mol. The van der Waals surface area contributed by atoms with Crippen LogP contribution in [0.25, 0.3) is 0 Å². The molecular formula is C12H14FN5O2. The summed E-state index contributed by atoms with van der Waals surface area (Å²) >= 11 is 0. The number of fused-ring (bicyclic) bond motifs is 1. The summed E-state index contributed by atoms with van der Waals surface area (Å²) in [6.45, 7) is 2.05. The van der Waals surface area contributed by atoms with Gasteiger partial charge in [0.1, 0.15) is 6.61 Å². The van der Waals surface area contributed by atoms with Crippen molar-refractivity contribution in [1.29, 1.82) is 0 Å². The molecule has 0 fully saturated rings. The van der Waals surface area contributed by atoms with Crippen LogP contribution in [0, 0.1) is 5.82 Å². The molecule has 1 amide bonds. The lowest BCUT2D eigenvalue weighted by Gasteiger charge is -2.04. The number of nitrogens with one attached hydrogen (secondary N) is 1. The topological polar surface area (TPSA) is 74.0 Å². The fourth-order valence-corrected chi connectivity index (χ4v) is 2.05. The van der Waals surface area contributed by atoms with Gasteiger partial charge < -0.3 is 14.6 Å². The highest BCUT2D eigenvalue weighted by molar-refractivity contribution is 5.92. The average Bonchev–Trinajstić information content (AvgIpc) is 3.14. The van der Waals surface area contributed by atoms with Gasteiger partial charge in [-0.1, -0.05) is 0 Å². The summed E-state index contributed by atoms with van der Waals surface area (Å²) in [5.41, 5.74) is -0.206. The summed E-state index contributed by atoms with van der Waals surface area (Å²) in [5, 5.41) is 6.56. The van der Waals surface area contributed by atoms with E-state index in [0.717, 1.165) is 13.0 Å². The Morgan fingerprint density at radius 2 is 2.45 bits per heavy atom. The molecule has 1 N–H and O–H groups in total. The van der Waals surface area contributed by atoms with E-state index >= 15 is 0 Å². The Balaban J connectivity index is 1.52. The minimum absolute atomic E-state index is 0.0496. The van der Waals surface area contributed by atoms with Crippen LogP contribution in [-0.2, 0) is 13.1 Å². The fourth-order valence-electron chi connectivity index (χ4n) is 2.05. The Hall–Kier alpha value is -2.38. The third-order valence-corrected chi connectivity index (χ3v) is 3.05. The Kier molecular flexibility index (Phi) is 3.36. The molecule has 2 aromatic heterocycles. The molecule has 0 unspecified atom stereocenters. The lowest BCUT2D eigenvalue weighted by atomic mass is 10.3. The van der Waals surface area contributed by atoms with Crippen LogP contribution in [0.5, 0.6) is 5.88 Å². The zero-order valence-electron chi connectivity index (χ0n) is 10.8.